The van der Waals surface area contributed by atoms with Crippen LogP contribution in [0.25, 0.3) is 0 Å². The Bertz CT molecular complexity index is 413. The molecule has 2 heterocycles. The summed E-state index contributed by atoms with van der Waals surface area (Å²) in [5.41, 5.74) is 0.570. The van der Waals surface area contributed by atoms with Gasteiger partial charge in [0.05, 0.1) is 5.56 Å². The molecule has 1 aromatic heterocycles. The van der Waals surface area contributed by atoms with Crippen LogP contribution in [0, 0.1) is 0 Å². The van der Waals surface area contributed by atoms with Crippen LogP contribution in [0.5, 0.6) is 0 Å². The summed E-state index contributed by atoms with van der Waals surface area (Å²) in [7, 11) is 0. The van der Waals surface area contributed by atoms with Crippen LogP contribution < -0.4 is 5.32 Å². The first-order valence-electron chi connectivity index (χ1n) is 6.84. The third kappa shape index (κ3) is 4.18. The molecule has 0 aliphatic carbocycles. The molecular weight excluding hydrogens is 262 g/mol. The minimum Gasteiger partial charge on any atom is -0.349 e. The van der Waals surface area contributed by atoms with Gasteiger partial charge in [-0.2, -0.15) is 0 Å². The van der Waals surface area contributed by atoms with E-state index in [0.29, 0.717) is 10.7 Å². The van der Waals surface area contributed by atoms with E-state index >= 15 is 0 Å². The number of nitrogens with one attached hydrogen (secondary N) is 1. The minimum atomic E-state index is -0.0573. The Kier molecular flexibility index (Phi) is 5.16. The summed E-state index contributed by atoms with van der Waals surface area (Å²) < 4.78 is 0. The predicted molar refractivity (Wildman–Crippen MR) is 76.5 cm³/mol. The summed E-state index contributed by atoms with van der Waals surface area (Å²) in [4.78, 5) is 18.4. The first-order valence-corrected chi connectivity index (χ1v) is 7.21. The summed E-state index contributed by atoms with van der Waals surface area (Å²) in [6.45, 7) is 5.48. The van der Waals surface area contributed by atoms with Crippen molar-refractivity contribution < 1.29 is 4.79 Å². The van der Waals surface area contributed by atoms with Gasteiger partial charge in [-0.15, -0.1) is 0 Å². The second-order valence-electron chi connectivity index (χ2n) is 4.96. The van der Waals surface area contributed by atoms with Gasteiger partial charge < -0.3 is 10.2 Å². The van der Waals surface area contributed by atoms with Crippen molar-refractivity contribution in [1.29, 1.82) is 0 Å². The van der Waals surface area contributed by atoms with Crippen LogP contribution in [0.2, 0.25) is 5.15 Å². The fourth-order valence-electron chi connectivity index (χ4n) is 2.40. The van der Waals surface area contributed by atoms with Gasteiger partial charge in [0, 0.05) is 25.3 Å². The van der Waals surface area contributed by atoms with Crippen LogP contribution in [0.4, 0.5) is 0 Å². The minimum absolute atomic E-state index is 0.0573. The summed E-state index contributed by atoms with van der Waals surface area (Å²) in [5.74, 6) is -0.0573. The van der Waals surface area contributed by atoms with Crippen molar-refractivity contribution in [2.45, 2.75) is 32.2 Å². The molecule has 1 fully saturated rings. The molecule has 0 unspecified atom stereocenters. The first-order chi connectivity index (χ1) is 9.19. The molecule has 0 spiro atoms. The van der Waals surface area contributed by atoms with Crippen LogP contribution in [0.3, 0.4) is 0 Å². The number of carbonyl (C=O) groups excluding carboxylic acids is 1. The van der Waals surface area contributed by atoms with E-state index in [1.165, 1.54) is 12.6 Å². The second-order valence-corrected chi connectivity index (χ2v) is 5.35. The molecule has 1 saturated heterocycles. The normalized spacial score (nSPS) is 17.4. The molecule has 1 aliphatic heterocycles. The van der Waals surface area contributed by atoms with Gasteiger partial charge in [-0.3, -0.25) is 4.79 Å². The molecule has 0 bridgehead atoms. The monoisotopic (exact) mass is 281 g/mol. The van der Waals surface area contributed by atoms with Gasteiger partial charge in [-0.1, -0.05) is 18.5 Å². The lowest BCUT2D eigenvalue weighted by Crippen LogP contribution is -2.44. The number of amides is 1. The lowest BCUT2D eigenvalue weighted by atomic mass is 10.0. The van der Waals surface area contributed by atoms with E-state index in [9.17, 15) is 4.79 Å². The molecule has 104 valence electrons. The maximum absolute atomic E-state index is 12.0. The lowest BCUT2D eigenvalue weighted by Gasteiger charge is -2.32. The molecule has 1 amide bonds. The number of nitrogens with zero attached hydrogens (tertiary/aromatic N) is 2. The Morgan fingerprint density at radius 2 is 2.21 bits per heavy atom. The SMILES string of the molecule is CCCN1CCC(NC(=O)c2ccc(Cl)nc2)CC1. The number of rotatable bonds is 4. The van der Waals surface area contributed by atoms with Crippen LogP contribution in [-0.4, -0.2) is 41.5 Å². The standard InChI is InChI=1S/C14H20ClN3O/c1-2-7-18-8-5-12(6-9-18)17-14(19)11-3-4-13(15)16-10-11/h3-4,10,12H,2,5-9H2,1H3,(H,17,19). The number of pyridine rings is 1. The van der Waals surface area contributed by atoms with E-state index in [-0.39, 0.29) is 11.9 Å². The largest absolute Gasteiger partial charge is 0.349 e. The van der Waals surface area contributed by atoms with Crippen LogP contribution in [-0.2, 0) is 0 Å². The molecule has 1 N–H and O–H groups in total. The smallest absolute Gasteiger partial charge is 0.253 e. The molecule has 1 aromatic rings. The zero-order valence-electron chi connectivity index (χ0n) is 11.2. The average molecular weight is 282 g/mol. The number of hydrogen-bond acceptors (Lipinski definition) is 3. The molecule has 2 rings (SSSR count). The second kappa shape index (κ2) is 6.87. The van der Waals surface area contributed by atoms with E-state index in [1.807, 2.05) is 0 Å². The third-order valence-corrected chi connectivity index (χ3v) is 3.68. The van der Waals surface area contributed by atoms with E-state index in [4.69, 9.17) is 11.6 Å². The third-order valence-electron chi connectivity index (χ3n) is 3.45. The van der Waals surface area contributed by atoms with Crippen LogP contribution in [0.15, 0.2) is 18.3 Å². The number of likely N-dealkylation sites (tertiary alicyclic amines) is 1. The van der Waals surface area contributed by atoms with E-state index in [2.05, 4.69) is 22.1 Å². The highest BCUT2D eigenvalue weighted by Crippen LogP contribution is 2.12. The highest BCUT2D eigenvalue weighted by Gasteiger charge is 2.20. The van der Waals surface area contributed by atoms with E-state index in [1.54, 1.807) is 12.1 Å². The molecule has 0 radical (unpaired) electrons. The molecular formula is C14H20ClN3O. The van der Waals surface area contributed by atoms with Gasteiger partial charge in [0.25, 0.3) is 5.91 Å². The van der Waals surface area contributed by atoms with E-state index < -0.39 is 0 Å². The number of carbonyl (C=O) groups is 1. The maximum atomic E-state index is 12.0. The molecule has 1 aliphatic rings. The Labute approximate surface area is 119 Å². The summed E-state index contributed by atoms with van der Waals surface area (Å²) >= 11 is 5.71. The molecule has 0 saturated carbocycles. The zero-order valence-corrected chi connectivity index (χ0v) is 12.0. The quantitative estimate of drug-likeness (QED) is 0.862. The van der Waals surface area contributed by atoms with Crippen molar-refractivity contribution in [3.63, 3.8) is 0 Å². The number of aromatic nitrogens is 1. The number of hydrogen-bond donors (Lipinski definition) is 1. The number of halogens is 1. The fourth-order valence-corrected chi connectivity index (χ4v) is 2.51. The van der Waals surface area contributed by atoms with Crippen molar-refractivity contribution in [2.24, 2.45) is 0 Å². The van der Waals surface area contributed by atoms with Gasteiger partial charge in [-0.25, -0.2) is 4.98 Å². The Morgan fingerprint density at radius 3 is 2.79 bits per heavy atom. The van der Waals surface area contributed by atoms with Crippen molar-refractivity contribution in [2.75, 3.05) is 19.6 Å². The predicted octanol–water partition coefficient (Wildman–Crippen LogP) is 2.34. The highest BCUT2D eigenvalue weighted by atomic mass is 35.5. The highest BCUT2D eigenvalue weighted by molar-refractivity contribution is 6.29. The fraction of sp³-hybridized carbons (Fsp3) is 0.571. The topological polar surface area (TPSA) is 45.2 Å². The van der Waals surface area contributed by atoms with Gasteiger partial charge in [0.15, 0.2) is 0 Å². The van der Waals surface area contributed by atoms with Gasteiger partial charge in [-0.05, 0) is 37.9 Å². The van der Waals surface area contributed by atoms with Crippen LogP contribution >= 0.6 is 11.6 Å². The van der Waals surface area contributed by atoms with Gasteiger partial charge in [0.1, 0.15) is 5.15 Å². The molecule has 5 heteroatoms. The first kappa shape index (κ1) is 14.3. The molecule has 0 atom stereocenters. The van der Waals surface area contributed by atoms with Gasteiger partial charge >= 0.3 is 0 Å². The lowest BCUT2D eigenvalue weighted by molar-refractivity contribution is 0.0911. The average Bonchev–Trinajstić information content (AvgIpc) is 2.42. The Hall–Kier alpha value is -1.13. The zero-order chi connectivity index (χ0) is 13.7. The van der Waals surface area contributed by atoms with Crippen molar-refractivity contribution in [3.8, 4) is 0 Å². The Morgan fingerprint density at radius 1 is 1.47 bits per heavy atom. The molecule has 0 aromatic carbocycles. The molecule has 19 heavy (non-hydrogen) atoms. The van der Waals surface area contributed by atoms with Crippen LogP contribution in [0.1, 0.15) is 36.5 Å². The molecule has 4 nitrogen and oxygen atoms in total. The van der Waals surface area contributed by atoms with Crippen molar-refractivity contribution >= 4 is 17.5 Å². The number of piperidine rings is 1. The summed E-state index contributed by atoms with van der Waals surface area (Å²) in [6.07, 6.45) is 4.75. The summed E-state index contributed by atoms with van der Waals surface area (Å²) in [5, 5.41) is 3.48. The van der Waals surface area contributed by atoms with Gasteiger partial charge in [0.2, 0.25) is 0 Å². The summed E-state index contributed by atoms with van der Waals surface area (Å²) in [6, 6.07) is 3.62. The Balaban J connectivity index is 1.82. The van der Waals surface area contributed by atoms with Crippen molar-refractivity contribution in [1.82, 2.24) is 15.2 Å². The maximum Gasteiger partial charge on any atom is 0.253 e. The van der Waals surface area contributed by atoms with E-state index in [0.717, 1.165) is 32.5 Å². The van der Waals surface area contributed by atoms with Crippen molar-refractivity contribution in [3.05, 3.63) is 29.0 Å².